The molecule has 36 heavy (non-hydrogen) atoms. The molecule has 1 aliphatic rings. The van der Waals surface area contributed by atoms with Crippen molar-refractivity contribution in [3.05, 3.63) is 84.1 Å². The Morgan fingerprint density at radius 1 is 1.06 bits per heavy atom. The molecule has 2 N–H and O–H groups in total. The van der Waals surface area contributed by atoms with Crippen LogP contribution >= 0.6 is 11.5 Å². The van der Waals surface area contributed by atoms with Gasteiger partial charge in [0.25, 0.3) is 0 Å². The van der Waals surface area contributed by atoms with Crippen molar-refractivity contribution in [2.45, 2.75) is 19.4 Å². The Kier molecular flexibility index (Phi) is 7.15. The molecule has 2 aromatic carbocycles. The maximum Gasteiger partial charge on any atom is 0.322 e. The summed E-state index contributed by atoms with van der Waals surface area (Å²) in [6, 6.07) is 18.4. The molecule has 1 aliphatic heterocycles. The van der Waals surface area contributed by atoms with Crippen molar-refractivity contribution in [3.8, 4) is 11.5 Å². The van der Waals surface area contributed by atoms with Gasteiger partial charge in [-0.05, 0) is 43.2 Å². The smallest absolute Gasteiger partial charge is 0.322 e. The first-order valence-corrected chi connectivity index (χ1v) is 12.5. The molecule has 0 aliphatic carbocycles. The molecular weight excluding hydrogens is 478 g/mol. The van der Waals surface area contributed by atoms with Crippen LogP contribution in [0.4, 0.5) is 15.6 Å². The quantitative estimate of drug-likeness (QED) is 0.378. The largest absolute Gasteiger partial charge is 0.467 e. The number of hydrogen-bond acceptors (Lipinski definition) is 8. The Bertz CT molecular complexity index is 1290. The van der Waals surface area contributed by atoms with Gasteiger partial charge in [0.2, 0.25) is 5.13 Å². The third-order valence-corrected chi connectivity index (χ3v) is 6.80. The maximum absolute atomic E-state index is 12.7. The minimum absolute atomic E-state index is 0.144. The molecule has 186 valence electrons. The van der Waals surface area contributed by atoms with Gasteiger partial charge < -0.3 is 29.4 Å². The van der Waals surface area contributed by atoms with Crippen molar-refractivity contribution in [2.75, 3.05) is 36.4 Å². The van der Waals surface area contributed by atoms with Crippen LogP contribution in [-0.2, 0) is 0 Å². The third kappa shape index (κ3) is 5.50. The number of carbonyl (C=O) groups is 1. The van der Waals surface area contributed by atoms with E-state index in [2.05, 4.69) is 19.6 Å². The number of para-hydroxylation sites is 1. The van der Waals surface area contributed by atoms with E-state index in [4.69, 9.17) is 9.15 Å². The summed E-state index contributed by atoms with van der Waals surface area (Å²) in [5, 5.41) is 14.5. The first-order chi connectivity index (χ1) is 17.6. The minimum Gasteiger partial charge on any atom is -0.467 e. The van der Waals surface area contributed by atoms with Crippen molar-refractivity contribution < 1.29 is 19.1 Å². The summed E-state index contributed by atoms with van der Waals surface area (Å²) >= 11 is 1.26. The number of anilines is 2. The molecule has 9 nitrogen and oxygen atoms in total. The van der Waals surface area contributed by atoms with E-state index in [1.807, 2.05) is 61.5 Å². The van der Waals surface area contributed by atoms with Gasteiger partial charge in [0.1, 0.15) is 23.4 Å². The molecule has 1 saturated heterocycles. The number of nitrogens with one attached hydrogen (secondary N) is 1. The number of urea groups is 1. The van der Waals surface area contributed by atoms with E-state index in [-0.39, 0.29) is 6.03 Å². The fourth-order valence-electron chi connectivity index (χ4n) is 3.98. The number of carbonyl (C=O) groups excluding carboxylic acids is 1. The van der Waals surface area contributed by atoms with Gasteiger partial charge in [-0.15, -0.1) is 0 Å². The first kappa shape index (κ1) is 23.8. The Morgan fingerprint density at radius 2 is 1.83 bits per heavy atom. The van der Waals surface area contributed by atoms with E-state index in [1.165, 1.54) is 11.5 Å². The number of furan rings is 1. The summed E-state index contributed by atoms with van der Waals surface area (Å²) in [4.78, 5) is 21.2. The van der Waals surface area contributed by atoms with Gasteiger partial charge in [0, 0.05) is 43.8 Å². The van der Waals surface area contributed by atoms with Gasteiger partial charge in [-0.1, -0.05) is 30.3 Å². The molecule has 2 aromatic heterocycles. The van der Waals surface area contributed by atoms with Crippen molar-refractivity contribution in [3.63, 3.8) is 0 Å². The highest BCUT2D eigenvalue weighted by Crippen LogP contribution is 2.28. The molecule has 0 spiro atoms. The van der Waals surface area contributed by atoms with Crippen LogP contribution in [0, 0.1) is 6.92 Å². The van der Waals surface area contributed by atoms with E-state index in [0.29, 0.717) is 48.2 Å². The van der Waals surface area contributed by atoms with Crippen molar-refractivity contribution in [1.82, 2.24) is 14.3 Å². The topological polar surface area (TPSA) is 104 Å². The number of hydrogen-bond donors (Lipinski definition) is 2. The summed E-state index contributed by atoms with van der Waals surface area (Å²) in [6.07, 6.45) is 1.43. The second-order valence-corrected chi connectivity index (χ2v) is 9.20. The molecule has 1 fully saturated rings. The Hall–Kier alpha value is -3.89. The number of ether oxygens (including phenoxy) is 1. The monoisotopic (exact) mass is 505 g/mol. The van der Waals surface area contributed by atoms with E-state index in [9.17, 15) is 9.90 Å². The zero-order valence-electron chi connectivity index (χ0n) is 19.8. The lowest BCUT2D eigenvalue weighted by molar-refractivity contribution is 0.211. The number of aliphatic hydroxyl groups excluding tert-OH is 1. The molecule has 1 unspecified atom stereocenters. The SMILES string of the molecule is Cc1occc1NC(=O)N1CCCN(c2nc(C(O)c3ccc(Oc4ccccc4)cc3)ns2)CC1. The van der Waals surface area contributed by atoms with Crippen LogP contribution in [0.15, 0.2) is 71.3 Å². The number of rotatable bonds is 6. The Morgan fingerprint density at radius 3 is 2.58 bits per heavy atom. The summed E-state index contributed by atoms with van der Waals surface area (Å²) in [5.74, 6) is 2.48. The zero-order chi connectivity index (χ0) is 24.9. The third-order valence-electron chi connectivity index (χ3n) is 6.00. The van der Waals surface area contributed by atoms with Crippen LogP contribution in [0.3, 0.4) is 0 Å². The normalized spacial score (nSPS) is 14.8. The average molecular weight is 506 g/mol. The van der Waals surface area contributed by atoms with Gasteiger partial charge in [-0.3, -0.25) is 0 Å². The zero-order valence-corrected chi connectivity index (χ0v) is 20.6. The fourth-order valence-corrected chi connectivity index (χ4v) is 4.73. The van der Waals surface area contributed by atoms with Gasteiger partial charge in [-0.25, -0.2) is 9.78 Å². The lowest BCUT2D eigenvalue weighted by atomic mass is 10.1. The Labute approximate surface area is 213 Å². The highest BCUT2D eigenvalue weighted by molar-refractivity contribution is 7.09. The van der Waals surface area contributed by atoms with Crippen LogP contribution in [0.1, 0.15) is 29.7 Å². The second kappa shape index (κ2) is 10.8. The molecule has 10 heteroatoms. The molecular formula is C26H27N5O4S. The first-order valence-electron chi connectivity index (χ1n) is 11.8. The minimum atomic E-state index is -0.937. The van der Waals surface area contributed by atoms with Crippen LogP contribution in [0.5, 0.6) is 11.5 Å². The predicted molar refractivity (Wildman–Crippen MR) is 138 cm³/mol. The van der Waals surface area contributed by atoms with Crippen molar-refractivity contribution in [1.29, 1.82) is 0 Å². The molecule has 3 heterocycles. The standard InChI is InChI=1S/C26H27N5O4S/c1-18-22(12-17-34-18)27-25(33)30-13-5-14-31(16-15-30)26-28-24(29-36-26)23(32)19-8-10-21(11-9-19)35-20-6-3-2-4-7-20/h2-4,6-12,17,23,32H,5,13-16H2,1H3,(H,27,33). The van der Waals surface area contributed by atoms with Crippen LogP contribution in [0.25, 0.3) is 0 Å². The summed E-state index contributed by atoms with van der Waals surface area (Å²) in [6.45, 7) is 4.40. The van der Waals surface area contributed by atoms with E-state index < -0.39 is 6.10 Å². The number of aromatic nitrogens is 2. The summed E-state index contributed by atoms with van der Waals surface area (Å²) in [7, 11) is 0. The van der Waals surface area contributed by atoms with Crippen molar-refractivity contribution >= 4 is 28.4 Å². The highest BCUT2D eigenvalue weighted by atomic mass is 32.1. The molecule has 4 aromatic rings. The average Bonchev–Trinajstić information content (AvgIpc) is 3.47. The van der Waals surface area contributed by atoms with E-state index >= 15 is 0 Å². The van der Waals surface area contributed by atoms with Crippen molar-refractivity contribution in [2.24, 2.45) is 0 Å². The van der Waals surface area contributed by atoms with Gasteiger partial charge in [-0.2, -0.15) is 4.37 Å². The summed E-state index contributed by atoms with van der Waals surface area (Å²) < 4.78 is 15.5. The summed E-state index contributed by atoms with van der Waals surface area (Å²) in [5.41, 5.74) is 1.37. The number of nitrogens with zero attached hydrogens (tertiary/aromatic N) is 4. The van der Waals surface area contributed by atoms with E-state index in [1.54, 1.807) is 17.2 Å². The van der Waals surface area contributed by atoms with Crippen LogP contribution in [-0.4, -0.2) is 51.6 Å². The number of amides is 2. The molecule has 5 rings (SSSR count). The molecule has 1 atom stereocenters. The van der Waals surface area contributed by atoms with Gasteiger partial charge in [0.05, 0.1) is 12.0 Å². The van der Waals surface area contributed by atoms with Crippen LogP contribution < -0.4 is 15.0 Å². The second-order valence-electron chi connectivity index (χ2n) is 8.47. The van der Waals surface area contributed by atoms with E-state index in [0.717, 1.165) is 23.8 Å². The molecule has 0 radical (unpaired) electrons. The fraction of sp³-hybridized carbons (Fsp3) is 0.269. The van der Waals surface area contributed by atoms with Gasteiger partial charge in [0.15, 0.2) is 5.82 Å². The van der Waals surface area contributed by atoms with Gasteiger partial charge >= 0.3 is 6.03 Å². The number of benzene rings is 2. The molecule has 2 amide bonds. The lowest BCUT2D eigenvalue weighted by Crippen LogP contribution is -2.38. The highest BCUT2D eigenvalue weighted by Gasteiger charge is 2.24. The number of aliphatic hydroxyl groups is 1. The molecule has 0 saturated carbocycles. The maximum atomic E-state index is 12.7. The lowest BCUT2D eigenvalue weighted by Gasteiger charge is -2.21. The predicted octanol–water partition coefficient (Wildman–Crippen LogP) is 5.06. The number of aryl methyl sites for hydroxylation is 1. The molecule has 0 bridgehead atoms. The van der Waals surface area contributed by atoms with Crippen LogP contribution in [0.2, 0.25) is 0 Å². The Balaban J connectivity index is 1.18.